The summed E-state index contributed by atoms with van der Waals surface area (Å²) in [6.45, 7) is 7.56. The maximum absolute atomic E-state index is 12.0. The van der Waals surface area contributed by atoms with E-state index in [1.807, 2.05) is 30.1 Å². The van der Waals surface area contributed by atoms with Gasteiger partial charge in [0.15, 0.2) is 0 Å². The van der Waals surface area contributed by atoms with Crippen molar-refractivity contribution in [2.24, 2.45) is 5.92 Å². The Morgan fingerprint density at radius 3 is 2.73 bits per heavy atom. The highest BCUT2D eigenvalue weighted by Gasteiger charge is 2.18. The van der Waals surface area contributed by atoms with Gasteiger partial charge < -0.3 is 5.32 Å². The molecule has 22 heavy (non-hydrogen) atoms. The van der Waals surface area contributed by atoms with Crippen molar-refractivity contribution in [3.05, 3.63) is 29.3 Å². The molecule has 1 amide bonds. The molecule has 0 spiro atoms. The largest absolute Gasteiger partial charge is 0.355 e. The fourth-order valence-corrected chi connectivity index (χ4v) is 3.26. The van der Waals surface area contributed by atoms with Crippen LogP contribution in [0.4, 0.5) is 0 Å². The van der Waals surface area contributed by atoms with Crippen molar-refractivity contribution < 1.29 is 4.79 Å². The molecule has 1 N–H and O–H groups in total. The van der Waals surface area contributed by atoms with E-state index in [1.165, 1.54) is 4.70 Å². The number of carbonyl (C=O) groups excluding carboxylic acids is 1. The van der Waals surface area contributed by atoms with Crippen LogP contribution in [0.1, 0.15) is 38.2 Å². The molecule has 0 saturated heterocycles. The van der Waals surface area contributed by atoms with Crippen LogP contribution >= 0.6 is 11.3 Å². The van der Waals surface area contributed by atoms with Crippen molar-refractivity contribution in [1.82, 2.24) is 15.2 Å². The predicted molar refractivity (Wildman–Crippen MR) is 93.1 cm³/mol. The van der Waals surface area contributed by atoms with Crippen molar-refractivity contribution in [1.29, 1.82) is 0 Å². The highest BCUT2D eigenvalue weighted by atomic mass is 32.1. The number of nitrogens with one attached hydrogen (secondary N) is 1. The van der Waals surface area contributed by atoms with Crippen LogP contribution in [-0.2, 0) is 4.79 Å². The van der Waals surface area contributed by atoms with Gasteiger partial charge in [-0.2, -0.15) is 0 Å². The summed E-state index contributed by atoms with van der Waals surface area (Å²) in [4.78, 5) is 18.7. The lowest BCUT2D eigenvalue weighted by Gasteiger charge is -2.22. The Morgan fingerprint density at radius 1 is 1.32 bits per heavy atom. The van der Waals surface area contributed by atoms with Gasteiger partial charge in [0.25, 0.3) is 0 Å². The Hall–Kier alpha value is -1.46. The van der Waals surface area contributed by atoms with Gasteiger partial charge in [-0.05, 0) is 38.4 Å². The van der Waals surface area contributed by atoms with Crippen molar-refractivity contribution in [2.45, 2.75) is 33.2 Å². The predicted octanol–water partition coefficient (Wildman–Crippen LogP) is 3.45. The molecule has 1 atom stereocenters. The summed E-state index contributed by atoms with van der Waals surface area (Å²) in [7, 11) is 1.97. The third-order valence-corrected chi connectivity index (χ3v) is 4.97. The average molecular weight is 319 g/mol. The monoisotopic (exact) mass is 319 g/mol. The smallest absolute Gasteiger partial charge is 0.234 e. The maximum Gasteiger partial charge on any atom is 0.234 e. The van der Waals surface area contributed by atoms with Crippen LogP contribution in [0.15, 0.2) is 24.3 Å². The number of likely N-dealkylation sites (N-methyl/N-ethyl adjacent to an activating group) is 1. The molecule has 0 bridgehead atoms. The zero-order chi connectivity index (χ0) is 16.1. The first-order chi connectivity index (χ1) is 10.5. The molecule has 1 aromatic heterocycles. The van der Waals surface area contributed by atoms with E-state index < -0.39 is 0 Å². The van der Waals surface area contributed by atoms with Gasteiger partial charge >= 0.3 is 0 Å². The lowest BCUT2D eigenvalue weighted by atomic mass is 10.1. The highest BCUT2D eigenvalue weighted by molar-refractivity contribution is 7.18. The Labute approximate surface area is 136 Å². The lowest BCUT2D eigenvalue weighted by molar-refractivity contribution is -0.122. The molecule has 0 saturated carbocycles. The number of benzene rings is 1. The summed E-state index contributed by atoms with van der Waals surface area (Å²) in [6.07, 6.45) is 1.02. The third kappa shape index (κ3) is 4.52. The Morgan fingerprint density at radius 2 is 2.05 bits per heavy atom. The average Bonchev–Trinajstić information content (AvgIpc) is 2.89. The third-order valence-electron chi connectivity index (χ3n) is 3.77. The second kappa shape index (κ2) is 7.70. The quantitative estimate of drug-likeness (QED) is 0.850. The molecule has 4 nitrogen and oxygen atoms in total. The van der Waals surface area contributed by atoms with Crippen LogP contribution in [0.5, 0.6) is 0 Å². The number of nitrogens with zero attached hydrogens (tertiary/aromatic N) is 2. The van der Waals surface area contributed by atoms with Crippen LogP contribution in [0.2, 0.25) is 0 Å². The molecule has 0 fully saturated rings. The number of para-hydroxylation sites is 1. The molecule has 0 aliphatic heterocycles. The summed E-state index contributed by atoms with van der Waals surface area (Å²) in [6, 6.07) is 8.28. The van der Waals surface area contributed by atoms with Gasteiger partial charge in [0.2, 0.25) is 5.91 Å². The van der Waals surface area contributed by atoms with E-state index in [1.54, 1.807) is 11.3 Å². The molecule has 2 rings (SSSR count). The van der Waals surface area contributed by atoms with Gasteiger partial charge in [0.1, 0.15) is 5.01 Å². The van der Waals surface area contributed by atoms with Crippen LogP contribution < -0.4 is 5.32 Å². The minimum Gasteiger partial charge on any atom is -0.355 e. The molecule has 1 aromatic carbocycles. The number of rotatable bonds is 7. The normalized spacial score (nSPS) is 13.0. The number of hydrogen-bond donors (Lipinski definition) is 1. The van der Waals surface area contributed by atoms with E-state index in [0.717, 1.165) is 23.5 Å². The summed E-state index contributed by atoms with van der Waals surface area (Å²) in [5.74, 6) is 0.691. The van der Waals surface area contributed by atoms with Crippen molar-refractivity contribution >= 4 is 27.5 Å². The summed E-state index contributed by atoms with van der Waals surface area (Å²) < 4.78 is 1.19. The first kappa shape index (κ1) is 16.9. The van der Waals surface area contributed by atoms with Crippen molar-refractivity contribution in [3.63, 3.8) is 0 Å². The number of thiazole rings is 1. The highest BCUT2D eigenvalue weighted by Crippen LogP contribution is 2.28. The first-order valence-electron chi connectivity index (χ1n) is 7.79. The van der Waals surface area contributed by atoms with Crippen LogP contribution in [0.25, 0.3) is 10.2 Å². The standard InChI is InChI=1S/C17H25N3OS/c1-12(2)9-10-18-16(21)11-20(4)13(3)17-19-14-7-5-6-8-15(14)22-17/h5-8,12-13H,9-11H2,1-4H3,(H,18,21)/t13-/m1/s1. The second-order valence-electron chi connectivity index (χ2n) is 6.14. The van der Waals surface area contributed by atoms with Crippen LogP contribution in [-0.4, -0.2) is 35.9 Å². The fourth-order valence-electron chi connectivity index (χ4n) is 2.18. The van der Waals surface area contributed by atoms with E-state index in [9.17, 15) is 4.79 Å². The van der Waals surface area contributed by atoms with E-state index in [4.69, 9.17) is 0 Å². The molecule has 0 radical (unpaired) electrons. The molecular weight excluding hydrogens is 294 g/mol. The van der Waals surface area contributed by atoms with Gasteiger partial charge in [-0.1, -0.05) is 26.0 Å². The summed E-state index contributed by atoms with van der Waals surface area (Å²) >= 11 is 1.70. The Balaban J connectivity index is 1.91. The van der Waals surface area contributed by atoms with Gasteiger partial charge in [-0.15, -0.1) is 11.3 Å². The fraction of sp³-hybridized carbons (Fsp3) is 0.529. The number of hydrogen-bond acceptors (Lipinski definition) is 4. The lowest BCUT2D eigenvalue weighted by Crippen LogP contribution is -2.37. The first-order valence-corrected chi connectivity index (χ1v) is 8.61. The van der Waals surface area contributed by atoms with Crippen molar-refractivity contribution in [3.8, 4) is 0 Å². The van der Waals surface area contributed by atoms with Gasteiger partial charge in [0.05, 0.1) is 22.8 Å². The van der Waals surface area contributed by atoms with Crippen LogP contribution in [0.3, 0.4) is 0 Å². The number of fused-ring (bicyclic) bond motifs is 1. The minimum absolute atomic E-state index is 0.0797. The topological polar surface area (TPSA) is 45.2 Å². The van der Waals surface area contributed by atoms with E-state index in [0.29, 0.717) is 12.5 Å². The number of amides is 1. The maximum atomic E-state index is 12.0. The molecule has 0 aliphatic carbocycles. The molecule has 0 aliphatic rings. The van der Waals surface area contributed by atoms with E-state index in [-0.39, 0.29) is 11.9 Å². The Kier molecular flexibility index (Phi) is 5.91. The second-order valence-corrected chi connectivity index (χ2v) is 7.21. The minimum atomic E-state index is 0.0797. The zero-order valence-corrected chi connectivity index (χ0v) is 14.6. The van der Waals surface area contributed by atoms with Crippen LogP contribution in [0, 0.1) is 5.92 Å². The van der Waals surface area contributed by atoms with Gasteiger partial charge in [-0.3, -0.25) is 9.69 Å². The van der Waals surface area contributed by atoms with E-state index >= 15 is 0 Å². The zero-order valence-electron chi connectivity index (χ0n) is 13.8. The summed E-state index contributed by atoms with van der Waals surface area (Å²) in [5, 5.41) is 4.03. The van der Waals surface area contributed by atoms with Gasteiger partial charge in [0, 0.05) is 6.54 Å². The Bertz CT molecular complexity index is 590. The number of carbonyl (C=O) groups is 1. The number of aromatic nitrogens is 1. The van der Waals surface area contributed by atoms with E-state index in [2.05, 4.69) is 37.1 Å². The molecular formula is C17H25N3OS. The molecule has 2 aromatic rings. The molecule has 1 heterocycles. The molecule has 120 valence electrons. The van der Waals surface area contributed by atoms with Gasteiger partial charge in [-0.25, -0.2) is 4.98 Å². The SMILES string of the molecule is CC(C)CCNC(=O)CN(C)[C@H](C)c1nc2ccccc2s1. The molecule has 5 heteroatoms. The molecule has 0 unspecified atom stereocenters. The van der Waals surface area contributed by atoms with Crippen molar-refractivity contribution in [2.75, 3.05) is 20.1 Å². The summed E-state index contributed by atoms with van der Waals surface area (Å²) in [5.41, 5.74) is 1.03.